The van der Waals surface area contributed by atoms with E-state index in [0.717, 1.165) is 20.7 Å². The molecule has 0 radical (unpaired) electrons. The summed E-state index contributed by atoms with van der Waals surface area (Å²) in [6.45, 7) is -0.371. The molecule has 31 heavy (non-hydrogen) atoms. The van der Waals surface area contributed by atoms with Crippen molar-refractivity contribution in [2.45, 2.75) is 6.54 Å². The Balaban J connectivity index is 1.60. The van der Waals surface area contributed by atoms with E-state index in [1.165, 1.54) is 18.4 Å². The van der Waals surface area contributed by atoms with Crippen LogP contribution in [0.5, 0.6) is 0 Å². The molecule has 0 fully saturated rings. The average Bonchev–Trinajstić information content (AvgIpc) is 3.49. The number of amides is 1. The standard InChI is InChI=1S/C19H14ClN5O4S2/c1-29-18(27)16-12(11-5-2-3-6-13(11)20)10-31-17(16)21-14(26)9-24-19(28)25(23-22-24)15-7-4-8-30-15/h2-8,10H,9H2,1H3,(H,21,26). The number of nitrogens with zero attached hydrogens (tertiary/aromatic N) is 4. The number of rotatable bonds is 6. The van der Waals surface area contributed by atoms with Gasteiger partial charge >= 0.3 is 11.7 Å². The molecule has 1 N–H and O–H groups in total. The Hall–Kier alpha value is -3.28. The predicted molar refractivity (Wildman–Crippen MR) is 118 cm³/mol. The lowest BCUT2D eigenvalue weighted by molar-refractivity contribution is -0.117. The average molecular weight is 476 g/mol. The molecule has 0 bridgehead atoms. The minimum absolute atomic E-state index is 0.184. The number of nitrogens with one attached hydrogen (secondary N) is 1. The number of carbonyl (C=O) groups is 2. The molecule has 12 heteroatoms. The summed E-state index contributed by atoms with van der Waals surface area (Å²) in [5.74, 6) is -1.16. The number of thiophene rings is 2. The molecule has 1 aromatic carbocycles. The van der Waals surface area contributed by atoms with Crippen LogP contribution in [0.15, 0.2) is 52.0 Å². The van der Waals surface area contributed by atoms with Crippen LogP contribution in [0.2, 0.25) is 5.02 Å². The monoisotopic (exact) mass is 475 g/mol. The highest BCUT2D eigenvalue weighted by Gasteiger charge is 2.24. The van der Waals surface area contributed by atoms with Crippen LogP contribution >= 0.6 is 34.3 Å². The summed E-state index contributed by atoms with van der Waals surface area (Å²) in [6, 6.07) is 10.5. The molecule has 3 aromatic heterocycles. The third-order valence-electron chi connectivity index (χ3n) is 4.25. The van der Waals surface area contributed by atoms with Crippen LogP contribution in [-0.4, -0.2) is 38.8 Å². The molecule has 0 atom stereocenters. The Bertz CT molecular complexity index is 1310. The molecular formula is C19H14ClN5O4S2. The third kappa shape index (κ3) is 4.15. The molecule has 0 saturated carbocycles. The molecule has 4 rings (SSSR count). The van der Waals surface area contributed by atoms with Crippen LogP contribution in [0.1, 0.15) is 10.4 Å². The van der Waals surface area contributed by atoms with Crippen LogP contribution in [0.3, 0.4) is 0 Å². The second-order valence-electron chi connectivity index (χ2n) is 6.16. The van der Waals surface area contributed by atoms with Crippen LogP contribution in [0, 0.1) is 0 Å². The van der Waals surface area contributed by atoms with Crippen molar-refractivity contribution in [2.75, 3.05) is 12.4 Å². The fourth-order valence-corrected chi connectivity index (χ4v) is 4.71. The van der Waals surface area contributed by atoms with Crippen LogP contribution in [-0.2, 0) is 16.1 Å². The molecule has 9 nitrogen and oxygen atoms in total. The zero-order valence-electron chi connectivity index (χ0n) is 15.9. The number of hydrogen-bond donors (Lipinski definition) is 1. The number of ether oxygens (including phenoxy) is 1. The summed E-state index contributed by atoms with van der Waals surface area (Å²) in [4.78, 5) is 37.5. The van der Waals surface area contributed by atoms with Gasteiger partial charge in [-0.05, 0) is 34.0 Å². The number of tetrazole rings is 1. The van der Waals surface area contributed by atoms with Gasteiger partial charge < -0.3 is 10.1 Å². The Morgan fingerprint density at radius 1 is 1.13 bits per heavy atom. The Labute approximate surface area is 188 Å². The van der Waals surface area contributed by atoms with Crippen molar-refractivity contribution >= 4 is 51.2 Å². The number of aromatic nitrogens is 4. The van der Waals surface area contributed by atoms with Crippen LogP contribution < -0.4 is 11.0 Å². The summed E-state index contributed by atoms with van der Waals surface area (Å²) < 4.78 is 6.94. The minimum atomic E-state index is -0.618. The fourth-order valence-electron chi connectivity index (χ4n) is 2.84. The summed E-state index contributed by atoms with van der Waals surface area (Å²) in [6.07, 6.45) is 0. The number of esters is 1. The number of halogens is 1. The highest BCUT2D eigenvalue weighted by Crippen LogP contribution is 2.39. The molecule has 0 unspecified atom stereocenters. The molecule has 0 spiro atoms. The van der Waals surface area contributed by atoms with Crippen molar-refractivity contribution in [3.05, 3.63) is 68.2 Å². The van der Waals surface area contributed by atoms with E-state index in [1.54, 1.807) is 47.2 Å². The Morgan fingerprint density at radius 2 is 1.94 bits per heavy atom. The molecule has 158 valence electrons. The normalized spacial score (nSPS) is 10.8. The minimum Gasteiger partial charge on any atom is -0.465 e. The molecule has 0 saturated heterocycles. The summed E-state index contributed by atoms with van der Waals surface area (Å²) in [5.41, 5.74) is 0.812. The van der Waals surface area contributed by atoms with E-state index in [4.69, 9.17) is 16.3 Å². The van der Waals surface area contributed by atoms with Gasteiger partial charge in [0.1, 0.15) is 22.1 Å². The van der Waals surface area contributed by atoms with E-state index in [1.807, 2.05) is 0 Å². The Kier molecular flexibility index (Phi) is 5.98. The van der Waals surface area contributed by atoms with Crippen molar-refractivity contribution in [3.63, 3.8) is 0 Å². The highest BCUT2D eigenvalue weighted by atomic mass is 35.5. The first-order chi connectivity index (χ1) is 15.0. The predicted octanol–water partition coefficient (Wildman–Crippen LogP) is 3.30. The van der Waals surface area contributed by atoms with E-state index < -0.39 is 17.6 Å². The molecular weight excluding hydrogens is 462 g/mol. The van der Waals surface area contributed by atoms with Gasteiger partial charge in [0, 0.05) is 21.5 Å². The van der Waals surface area contributed by atoms with Gasteiger partial charge in [-0.1, -0.05) is 29.8 Å². The molecule has 1 amide bonds. The molecule has 3 heterocycles. The maximum atomic E-state index is 12.6. The lowest BCUT2D eigenvalue weighted by Gasteiger charge is -2.08. The Morgan fingerprint density at radius 3 is 2.65 bits per heavy atom. The maximum Gasteiger partial charge on any atom is 0.369 e. The smallest absolute Gasteiger partial charge is 0.369 e. The largest absolute Gasteiger partial charge is 0.465 e. The molecule has 0 aliphatic heterocycles. The maximum absolute atomic E-state index is 12.6. The van der Waals surface area contributed by atoms with E-state index in [-0.39, 0.29) is 17.1 Å². The van der Waals surface area contributed by atoms with Crippen molar-refractivity contribution < 1.29 is 14.3 Å². The van der Waals surface area contributed by atoms with Gasteiger partial charge in [-0.25, -0.2) is 9.59 Å². The number of hydrogen-bond acceptors (Lipinski definition) is 8. The molecule has 0 aliphatic rings. The number of anilines is 1. The van der Waals surface area contributed by atoms with Crippen LogP contribution in [0.4, 0.5) is 5.00 Å². The number of benzene rings is 1. The van der Waals surface area contributed by atoms with Crippen molar-refractivity contribution in [3.8, 4) is 16.1 Å². The van der Waals surface area contributed by atoms with Gasteiger partial charge in [-0.15, -0.1) is 22.7 Å². The molecule has 0 aliphatic carbocycles. The van der Waals surface area contributed by atoms with E-state index in [9.17, 15) is 14.4 Å². The molecule has 4 aromatic rings. The highest BCUT2D eigenvalue weighted by molar-refractivity contribution is 7.15. The zero-order chi connectivity index (χ0) is 22.0. The quantitative estimate of drug-likeness (QED) is 0.429. The van der Waals surface area contributed by atoms with Crippen LogP contribution in [0.25, 0.3) is 16.1 Å². The number of methoxy groups -OCH3 is 1. The van der Waals surface area contributed by atoms with E-state index >= 15 is 0 Å². The number of carbonyl (C=O) groups excluding carboxylic acids is 2. The lowest BCUT2D eigenvalue weighted by atomic mass is 10.0. The summed E-state index contributed by atoms with van der Waals surface area (Å²) in [7, 11) is 1.25. The summed E-state index contributed by atoms with van der Waals surface area (Å²) >= 11 is 8.75. The lowest BCUT2D eigenvalue weighted by Crippen LogP contribution is -2.29. The second kappa shape index (κ2) is 8.84. The van der Waals surface area contributed by atoms with Gasteiger partial charge in [0.2, 0.25) is 5.91 Å². The topological polar surface area (TPSA) is 108 Å². The van der Waals surface area contributed by atoms with E-state index in [0.29, 0.717) is 21.2 Å². The van der Waals surface area contributed by atoms with Gasteiger partial charge in [-0.2, -0.15) is 9.36 Å². The van der Waals surface area contributed by atoms with Gasteiger partial charge in [0.05, 0.1) is 7.11 Å². The third-order valence-corrected chi connectivity index (χ3v) is 6.31. The first-order valence-corrected chi connectivity index (χ1v) is 10.9. The first-order valence-electron chi connectivity index (χ1n) is 8.81. The first kappa shape index (κ1) is 21.0. The zero-order valence-corrected chi connectivity index (χ0v) is 18.3. The van der Waals surface area contributed by atoms with Crippen molar-refractivity contribution in [2.24, 2.45) is 0 Å². The fraction of sp³-hybridized carbons (Fsp3) is 0.105. The van der Waals surface area contributed by atoms with Gasteiger partial charge in [-0.3, -0.25) is 4.79 Å². The van der Waals surface area contributed by atoms with Crippen molar-refractivity contribution in [1.82, 2.24) is 19.8 Å². The van der Waals surface area contributed by atoms with E-state index in [2.05, 4.69) is 15.7 Å². The SMILES string of the molecule is COC(=O)c1c(-c2ccccc2Cl)csc1NC(=O)Cn1nnn(-c2cccs2)c1=O. The van der Waals surface area contributed by atoms with Crippen molar-refractivity contribution in [1.29, 1.82) is 0 Å². The van der Waals surface area contributed by atoms with Gasteiger partial charge in [0.25, 0.3) is 0 Å². The van der Waals surface area contributed by atoms with Gasteiger partial charge in [0.15, 0.2) is 0 Å². The summed E-state index contributed by atoms with van der Waals surface area (Å²) in [5, 5.41) is 15.0. The second-order valence-corrected chi connectivity index (χ2v) is 8.37.